The zero-order chi connectivity index (χ0) is 37.1. The Bertz CT molecular complexity index is 2440. The van der Waals surface area contributed by atoms with Crippen molar-refractivity contribution in [2.75, 3.05) is 0 Å². The van der Waals surface area contributed by atoms with E-state index in [1.54, 1.807) is 0 Å². The molecule has 0 radical (unpaired) electrons. The summed E-state index contributed by atoms with van der Waals surface area (Å²) in [5.41, 5.74) is 10.5. The number of hydrogen-bond acceptors (Lipinski definition) is 3. The van der Waals surface area contributed by atoms with Crippen LogP contribution in [0, 0.1) is 0 Å². The molecule has 0 fully saturated rings. The van der Waals surface area contributed by atoms with E-state index in [0.717, 1.165) is 22.3 Å². The number of aromatic nitrogens is 3. The lowest BCUT2D eigenvalue weighted by Gasteiger charge is -2.23. The van der Waals surface area contributed by atoms with Gasteiger partial charge in [-0.15, -0.1) is 0 Å². The number of nitrogens with zero attached hydrogens (tertiary/aromatic N) is 3. The highest BCUT2D eigenvalue weighted by Crippen LogP contribution is 2.49. The second-order valence-corrected chi connectivity index (χ2v) is 16.0. The van der Waals surface area contributed by atoms with Gasteiger partial charge in [-0.2, -0.15) is 0 Å². The molecule has 0 saturated carbocycles. The molecule has 1 aliphatic rings. The average molecular weight is 716 g/mol. The quantitative estimate of drug-likeness (QED) is 0.154. The van der Waals surface area contributed by atoms with Crippen LogP contribution in [-0.4, -0.2) is 15.0 Å². The Labute approximate surface area is 320 Å². The van der Waals surface area contributed by atoms with Crippen molar-refractivity contribution in [1.29, 1.82) is 0 Å². The van der Waals surface area contributed by atoms with Crippen LogP contribution < -0.4 is 15.9 Å². The van der Waals surface area contributed by atoms with Gasteiger partial charge in [0.05, 0.1) is 0 Å². The number of rotatable bonds is 7. The molecule has 1 aliphatic carbocycles. The first-order valence-electron chi connectivity index (χ1n) is 18.7. The molecule has 8 aromatic rings. The van der Waals surface area contributed by atoms with Gasteiger partial charge in [0, 0.05) is 22.1 Å². The van der Waals surface area contributed by atoms with Gasteiger partial charge in [-0.05, 0) is 81.5 Å². The molecule has 3 nitrogen and oxygen atoms in total. The minimum absolute atomic E-state index is 0.105. The van der Waals surface area contributed by atoms with E-state index < -0.39 is 7.92 Å². The lowest BCUT2D eigenvalue weighted by atomic mass is 9.81. The minimum atomic E-state index is -0.895. The van der Waals surface area contributed by atoms with Crippen LogP contribution in [-0.2, 0) is 5.41 Å². The summed E-state index contributed by atoms with van der Waals surface area (Å²) in [6.45, 7) is 8.68. The van der Waals surface area contributed by atoms with Crippen LogP contribution in [0.25, 0.3) is 56.4 Å². The fourth-order valence-electron chi connectivity index (χ4n) is 7.46. The van der Waals surface area contributed by atoms with Crippen LogP contribution in [0.3, 0.4) is 0 Å². The van der Waals surface area contributed by atoms with Gasteiger partial charge < -0.3 is 0 Å². The number of hydrogen-bond donors (Lipinski definition) is 0. The summed E-state index contributed by atoms with van der Waals surface area (Å²) >= 11 is 0. The Morgan fingerprint density at radius 3 is 1.35 bits per heavy atom. The summed E-state index contributed by atoms with van der Waals surface area (Å²) in [7, 11) is -0.895. The lowest BCUT2D eigenvalue weighted by molar-refractivity contribution is 0.660. The molecule has 1 heterocycles. The van der Waals surface area contributed by atoms with Gasteiger partial charge in [0.1, 0.15) is 0 Å². The summed E-state index contributed by atoms with van der Waals surface area (Å²) in [6.07, 6.45) is 0. The maximum Gasteiger partial charge on any atom is 0.164 e. The van der Waals surface area contributed by atoms with E-state index in [1.165, 1.54) is 43.7 Å². The highest BCUT2D eigenvalue weighted by Gasteiger charge is 2.35. The molecule has 262 valence electrons. The summed E-state index contributed by atoms with van der Waals surface area (Å²) in [5.74, 6) is 1.96. The molecular formula is C50H42N3P. The number of benzene rings is 7. The van der Waals surface area contributed by atoms with Crippen LogP contribution in [0.5, 0.6) is 0 Å². The van der Waals surface area contributed by atoms with Crippen molar-refractivity contribution in [2.45, 2.75) is 33.1 Å². The second-order valence-electron chi connectivity index (χ2n) is 13.7. The molecule has 1 aromatic heterocycles. The van der Waals surface area contributed by atoms with E-state index in [4.69, 9.17) is 15.0 Å². The van der Waals surface area contributed by atoms with Crippen molar-refractivity contribution in [3.05, 3.63) is 193 Å². The lowest BCUT2D eigenvalue weighted by Crippen LogP contribution is -2.21. The summed E-state index contributed by atoms with van der Waals surface area (Å²) in [4.78, 5) is 15.3. The fourth-order valence-corrected chi connectivity index (χ4v) is 9.83. The molecule has 0 bridgehead atoms. The highest BCUT2D eigenvalue weighted by atomic mass is 31.1. The highest BCUT2D eigenvalue weighted by molar-refractivity contribution is 7.79. The third-order valence-corrected chi connectivity index (χ3v) is 12.5. The van der Waals surface area contributed by atoms with Crippen LogP contribution in [0.15, 0.2) is 182 Å². The summed E-state index contributed by atoms with van der Waals surface area (Å²) in [6, 6.07) is 64.9. The van der Waals surface area contributed by atoms with Gasteiger partial charge >= 0.3 is 0 Å². The molecule has 0 spiro atoms. The molecule has 7 aromatic carbocycles. The van der Waals surface area contributed by atoms with Crippen LogP contribution >= 0.6 is 7.92 Å². The van der Waals surface area contributed by atoms with Gasteiger partial charge in [-0.3, -0.25) is 0 Å². The Hall–Kier alpha value is -6.02. The third-order valence-electron chi connectivity index (χ3n) is 10.1. The third kappa shape index (κ3) is 6.68. The first-order chi connectivity index (χ1) is 26.5. The SMILES string of the molecule is CC.CC1(C)c2ccccc2-c2ccc(-c3cc(-c4nc(-c5ccccc5)nc(-c5ccccc5)n4)cc(P(c4ccccc4)c4ccccc4)c3)cc21. The van der Waals surface area contributed by atoms with E-state index in [-0.39, 0.29) is 5.41 Å². The maximum atomic E-state index is 5.17. The Kier molecular flexibility index (Phi) is 9.83. The normalized spacial score (nSPS) is 12.4. The zero-order valence-corrected chi connectivity index (χ0v) is 32.0. The molecular weight excluding hydrogens is 674 g/mol. The van der Waals surface area contributed by atoms with Crippen molar-refractivity contribution < 1.29 is 0 Å². The van der Waals surface area contributed by atoms with E-state index in [1.807, 2.05) is 50.2 Å². The monoisotopic (exact) mass is 715 g/mol. The first-order valence-corrected chi connectivity index (χ1v) is 20.0. The standard InChI is InChI=1S/C48H36N3P.C2H6/c1-48(2)43-26-16-15-25-41(43)42-28-27-35(32-44(42)48)36-29-37(31-40(30-36)52(38-21-11-5-12-22-38)39-23-13-6-14-24-39)47-50-45(33-17-7-3-8-18-33)49-46(51-47)34-19-9-4-10-20-34;1-2/h3-32H,1-2H3;1-2H3. The number of fused-ring (bicyclic) bond motifs is 3. The van der Waals surface area contributed by atoms with Gasteiger partial charge in [-0.25, -0.2) is 15.0 Å². The summed E-state index contributed by atoms with van der Waals surface area (Å²) < 4.78 is 0. The summed E-state index contributed by atoms with van der Waals surface area (Å²) in [5, 5.41) is 3.83. The van der Waals surface area contributed by atoms with Crippen LogP contribution in [0.2, 0.25) is 0 Å². The molecule has 4 heteroatoms. The molecule has 0 saturated heterocycles. The van der Waals surface area contributed by atoms with Crippen LogP contribution in [0.4, 0.5) is 0 Å². The predicted octanol–water partition coefficient (Wildman–Crippen LogP) is 11.6. The Morgan fingerprint density at radius 2 is 0.796 bits per heavy atom. The molecule has 0 unspecified atom stereocenters. The van der Waals surface area contributed by atoms with Crippen molar-refractivity contribution in [1.82, 2.24) is 15.0 Å². The molecule has 54 heavy (non-hydrogen) atoms. The van der Waals surface area contributed by atoms with Crippen molar-refractivity contribution in [3.8, 4) is 56.4 Å². The van der Waals surface area contributed by atoms with E-state index in [0.29, 0.717) is 17.5 Å². The Balaban J connectivity index is 0.00000203. The predicted molar refractivity (Wildman–Crippen MR) is 229 cm³/mol. The van der Waals surface area contributed by atoms with Crippen molar-refractivity contribution in [2.24, 2.45) is 0 Å². The maximum absolute atomic E-state index is 5.17. The minimum Gasteiger partial charge on any atom is -0.208 e. The molecule has 0 N–H and O–H groups in total. The molecule has 0 amide bonds. The molecule has 0 aliphatic heterocycles. The van der Waals surface area contributed by atoms with E-state index >= 15 is 0 Å². The molecule has 0 atom stereocenters. The van der Waals surface area contributed by atoms with Gasteiger partial charge in [0.15, 0.2) is 17.5 Å². The van der Waals surface area contributed by atoms with Crippen molar-refractivity contribution in [3.63, 3.8) is 0 Å². The Morgan fingerprint density at radius 1 is 0.352 bits per heavy atom. The first kappa shape index (κ1) is 35.0. The molecule has 9 rings (SSSR count). The van der Waals surface area contributed by atoms with E-state index in [2.05, 4.69) is 159 Å². The largest absolute Gasteiger partial charge is 0.208 e. The van der Waals surface area contributed by atoms with Crippen molar-refractivity contribution >= 4 is 23.8 Å². The smallest absolute Gasteiger partial charge is 0.164 e. The topological polar surface area (TPSA) is 38.7 Å². The van der Waals surface area contributed by atoms with E-state index in [9.17, 15) is 0 Å². The fraction of sp³-hybridized carbons (Fsp3) is 0.100. The van der Waals surface area contributed by atoms with Gasteiger partial charge in [0.25, 0.3) is 0 Å². The van der Waals surface area contributed by atoms with Crippen LogP contribution in [0.1, 0.15) is 38.8 Å². The zero-order valence-electron chi connectivity index (χ0n) is 31.1. The van der Waals surface area contributed by atoms with Gasteiger partial charge in [0.2, 0.25) is 0 Å². The average Bonchev–Trinajstić information content (AvgIpc) is 3.48. The second kappa shape index (κ2) is 15.1. The van der Waals surface area contributed by atoms with Gasteiger partial charge in [-0.1, -0.05) is 185 Å².